The highest BCUT2D eigenvalue weighted by atomic mass is 19.1. The number of rotatable bonds is 9. The topological polar surface area (TPSA) is 153 Å². The van der Waals surface area contributed by atoms with Crippen LogP contribution in [-0.2, 0) is 9.59 Å². The Labute approximate surface area is 244 Å². The van der Waals surface area contributed by atoms with Gasteiger partial charge in [-0.1, -0.05) is 0 Å². The van der Waals surface area contributed by atoms with E-state index in [4.69, 9.17) is 4.74 Å². The number of nitrogens with one attached hydrogen (secondary N) is 3. The van der Waals surface area contributed by atoms with Crippen molar-refractivity contribution in [3.05, 3.63) is 66.4 Å². The second-order valence-electron chi connectivity index (χ2n) is 10.3. The highest BCUT2D eigenvalue weighted by Gasteiger charge is 2.44. The van der Waals surface area contributed by atoms with Crippen molar-refractivity contribution in [1.82, 2.24) is 20.1 Å². The van der Waals surface area contributed by atoms with Crippen LogP contribution >= 0.6 is 0 Å². The van der Waals surface area contributed by atoms with Crippen LogP contribution in [0.5, 0.6) is 11.5 Å². The molecule has 4 amide bonds. The molecule has 12 nitrogen and oxygen atoms in total. The van der Waals surface area contributed by atoms with Gasteiger partial charge in [0.25, 0.3) is 0 Å². The van der Waals surface area contributed by atoms with E-state index in [0.717, 1.165) is 23.1 Å². The van der Waals surface area contributed by atoms with E-state index in [-0.39, 0.29) is 48.1 Å². The fourth-order valence-electron chi connectivity index (χ4n) is 4.59. The summed E-state index contributed by atoms with van der Waals surface area (Å²) in [6, 6.07) is 8.81. The van der Waals surface area contributed by atoms with Gasteiger partial charge in [0.2, 0.25) is 11.8 Å². The minimum absolute atomic E-state index is 0.0614. The van der Waals surface area contributed by atoms with E-state index < -0.39 is 35.4 Å². The van der Waals surface area contributed by atoms with Crippen molar-refractivity contribution in [2.24, 2.45) is 5.92 Å². The molecule has 2 aromatic heterocycles. The van der Waals surface area contributed by atoms with Crippen LogP contribution in [0.15, 0.2) is 54.7 Å². The molecule has 1 aliphatic heterocycles. The number of aliphatic hydroxyl groups is 1. The summed E-state index contributed by atoms with van der Waals surface area (Å²) in [6.07, 6.45) is 1.46. The third-order valence-electron chi connectivity index (χ3n) is 6.86. The smallest absolute Gasteiger partial charge is 0.331 e. The summed E-state index contributed by atoms with van der Waals surface area (Å²) in [5, 5.41) is 22.3. The number of aromatic nitrogens is 3. The SMILES string of the molecule is CC(C)N1CC(C(=O)Nc2ccc(Oc3ccnc4[nH]nc(N[C@@H](C)CO)c34)c(F)c2)C(=O)N(c2ccc(F)cc2)C1=O. The van der Waals surface area contributed by atoms with Gasteiger partial charge in [-0.05, 0) is 57.2 Å². The quantitative estimate of drug-likeness (QED) is 0.210. The van der Waals surface area contributed by atoms with Crippen LogP contribution in [0.4, 0.5) is 30.8 Å². The Morgan fingerprint density at radius 3 is 2.53 bits per heavy atom. The van der Waals surface area contributed by atoms with E-state index in [9.17, 15) is 23.9 Å². The van der Waals surface area contributed by atoms with Crippen molar-refractivity contribution in [3.8, 4) is 11.5 Å². The Hall–Kier alpha value is -5.11. The summed E-state index contributed by atoms with van der Waals surface area (Å²) in [5.74, 6) is -3.72. The number of pyridine rings is 1. The lowest BCUT2D eigenvalue weighted by Crippen LogP contribution is -2.61. The van der Waals surface area contributed by atoms with Crippen LogP contribution in [-0.4, -0.2) is 68.3 Å². The lowest BCUT2D eigenvalue weighted by molar-refractivity contribution is -0.132. The molecule has 3 heterocycles. The minimum atomic E-state index is -1.30. The molecule has 4 aromatic rings. The molecule has 0 saturated carbocycles. The number of carbonyl (C=O) groups is 3. The molecule has 1 saturated heterocycles. The summed E-state index contributed by atoms with van der Waals surface area (Å²) in [6.45, 7) is 4.91. The fraction of sp³-hybridized carbons (Fsp3) is 0.276. The molecule has 4 N–H and O–H groups in total. The highest BCUT2D eigenvalue weighted by Crippen LogP contribution is 2.35. The normalized spacial score (nSPS) is 16.1. The first-order valence-electron chi connectivity index (χ1n) is 13.5. The first-order chi connectivity index (χ1) is 20.6. The van der Waals surface area contributed by atoms with Gasteiger partial charge in [0, 0.05) is 42.6 Å². The standard InChI is InChI=1S/C29H29F2N7O5/c1-15(2)37-13-20(28(41)38(29(37)42)19-7-4-17(30)5-8-19)27(40)34-18-6-9-22(21(31)12-18)43-23-10-11-32-25-24(23)26(36-35-25)33-16(3)14-39/h4-12,15-16,20,39H,13-14H2,1-3H3,(H,34,40)(H2,32,33,35,36)/t16-,20?/m0/s1. The first kappa shape index (κ1) is 29.4. The van der Waals surface area contributed by atoms with Crippen molar-refractivity contribution < 1.29 is 33.0 Å². The van der Waals surface area contributed by atoms with Gasteiger partial charge in [0.15, 0.2) is 23.0 Å². The molecule has 2 atom stereocenters. The summed E-state index contributed by atoms with van der Waals surface area (Å²) in [7, 11) is 0. The molecule has 14 heteroatoms. The predicted octanol–water partition coefficient (Wildman–Crippen LogP) is 4.25. The molecule has 43 heavy (non-hydrogen) atoms. The lowest BCUT2D eigenvalue weighted by atomic mass is 10.0. The number of anilines is 3. The van der Waals surface area contributed by atoms with Crippen LogP contribution in [0, 0.1) is 17.6 Å². The molecule has 0 radical (unpaired) electrons. The molecule has 2 aromatic carbocycles. The van der Waals surface area contributed by atoms with E-state index in [2.05, 4.69) is 25.8 Å². The van der Waals surface area contributed by atoms with Crippen LogP contribution in [0.1, 0.15) is 20.8 Å². The number of hydrogen-bond donors (Lipinski definition) is 4. The van der Waals surface area contributed by atoms with Gasteiger partial charge in [0.1, 0.15) is 22.9 Å². The molecule has 1 fully saturated rings. The molecular weight excluding hydrogens is 564 g/mol. The van der Waals surface area contributed by atoms with Gasteiger partial charge >= 0.3 is 6.03 Å². The van der Waals surface area contributed by atoms with Gasteiger partial charge in [-0.2, -0.15) is 5.10 Å². The number of nitrogens with zero attached hydrogens (tertiary/aromatic N) is 4. The second kappa shape index (κ2) is 12.0. The van der Waals surface area contributed by atoms with Crippen molar-refractivity contribution >= 4 is 46.1 Å². The predicted molar refractivity (Wildman–Crippen MR) is 154 cm³/mol. The molecular formula is C29H29F2N7O5. The molecule has 1 aliphatic rings. The largest absolute Gasteiger partial charge is 0.453 e. The van der Waals surface area contributed by atoms with Crippen LogP contribution in [0.2, 0.25) is 0 Å². The van der Waals surface area contributed by atoms with Crippen LogP contribution in [0.25, 0.3) is 11.0 Å². The van der Waals surface area contributed by atoms with Crippen molar-refractivity contribution in [2.45, 2.75) is 32.9 Å². The number of aromatic amines is 1. The summed E-state index contributed by atoms with van der Waals surface area (Å²) < 4.78 is 34.5. The summed E-state index contributed by atoms with van der Waals surface area (Å²) in [5.41, 5.74) is 0.570. The number of benzene rings is 2. The van der Waals surface area contributed by atoms with E-state index in [1.54, 1.807) is 20.8 Å². The number of ether oxygens (including phenoxy) is 1. The minimum Gasteiger partial charge on any atom is -0.453 e. The second-order valence-corrected chi connectivity index (χ2v) is 10.3. The maximum atomic E-state index is 15.2. The number of fused-ring (bicyclic) bond motifs is 1. The monoisotopic (exact) mass is 593 g/mol. The third kappa shape index (κ3) is 5.95. The number of urea groups is 1. The van der Waals surface area contributed by atoms with E-state index in [0.29, 0.717) is 16.9 Å². The van der Waals surface area contributed by atoms with Gasteiger partial charge in [-0.15, -0.1) is 0 Å². The van der Waals surface area contributed by atoms with Crippen molar-refractivity contribution in [2.75, 3.05) is 28.7 Å². The summed E-state index contributed by atoms with van der Waals surface area (Å²) >= 11 is 0. The Kier molecular flexibility index (Phi) is 8.21. The van der Waals surface area contributed by atoms with Crippen LogP contribution < -0.4 is 20.3 Å². The lowest BCUT2D eigenvalue weighted by Gasteiger charge is -2.39. The number of carbonyl (C=O) groups excluding carboxylic acids is 3. The highest BCUT2D eigenvalue weighted by molar-refractivity contribution is 6.23. The molecule has 5 rings (SSSR count). The van der Waals surface area contributed by atoms with Crippen LogP contribution in [0.3, 0.4) is 0 Å². The number of halogens is 2. The van der Waals surface area contributed by atoms with Crippen molar-refractivity contribution in [3.63, 3.8) is 0 Å². The zero-order chi connectivity index (χ0) is 30.8. The number of H-pyrrole nitrogens is 1. The number of amides is 4. The van der Waals surface area contributed by atoms with Crippen molar-refractivity contribution in [1.29, 1.82) is 0 Å². The Balaban J connectivity index is 1.36. The maximum absolute atomic E-state index is 15.2. The third-order valence-corrected chi connectivity index (χ3v) is 6.86. The number of hydrogen-bond acceptors (Lipinski definition) is 8. The Morgan fingerprint density at radius 2 is 1.86 bits per heavy atom. The number of aliphatic hydroxyl groups excluding tert-OH is 1. The Bertz CT molecular complexity index is 1680. The van der Waals surface area contributed by atoms with Gasteiger partial charge in [0.05, 0.1) is 12.3 Å². The van der Waals surface area contributed by atoms with Gasteiger partial charge in [-0.3, -0.25) is 14.7 Å². The molecule has 1 unspecified atom stereocenters. The molecule has 0 spiro atoms. The van der Waals surface area contributed by atoms with Gasteiger partial charge < -0.3 is 25.4 Å². The zero-order valence-corrected chi connectivity index (χ0v) is 23.5. The van der Waals surface area contributed by atoms with E-state index in [1.807, 2.05) is 0 Å². The Morgan fingerprint density at radius 1 is 1.12 bits per heavy atom. The van der Waals surface area contributed by atoms with E-state index in [1.165, 1.54) is 41.4 Å². The maximum Gasteiger partial charge on any atom is 0.331 e. The average Bonchev–Trinajstić information content (AvgIpc) is 3.38. The average molecular weight is 594 g/mol. The summed E-state index contributed by atoms with van der Waals surface area (Å²) in [4.78, 5) is 46.1. The fourth-order valence-corrected chi connectivity index (χ4v) is 4.59. The van der Waals surface area contributed by atoms with E-state index >= 15 is 4.39 Å². The molecule has 0 aliphatic carbocycles. The zero-order valence-electron chi connectivity index (χ0n) is 23.5. The first-order valence-corrected chi connectivity index (χ1v) is 13.5. The number of imide groups is 1. The molecule has 0 bridgehead atoms. The molecule has 224 valence electrons. The van der Waals surface area contributed by atoms with Gasteiger partial charge in [-0.25, -0.2) is 23.5 Å².